The highest BCUT2D eigenvalue weighted by Crippen LogP contribution is 2.58. The number of carbonyl (C=O) groups is 4. The number of Topliss-reactive ketones (excluding diaryl/α,β-unsaturated/α-hetero) is 1. The van der Waals surface area contributed by atoms with E-state index in [2.05, 4.69) is 14.6 Å². The summed E-state index contributed by atoms with van der Waals surface area (Å²) in [5.41, 5.74) is -6.89. The van der Waals surface area contributed by atoms with Gasteiger partial charge in [-0.1, -0.05) is 38.1 Å². The van der Waals surface area contributed by atoms with Crippen LogP contribution in [-0.2, 0) is 40.5 Å². The average molecular weight is 841 g/mol. The largest absolute Gasteiger partial charge is 0.471 e. The third-order valence-electron chi connectivity index (χ3n) is 12.3. The van der Waals surface area contributed by atoms with Crippen molar-refractivity contribution in [3.63, 3.8) is 0 Å². The van der Waals surface area contributed by atoms with Gasteiger partial charge in [0.05, 0.1) is 45.9 Å². The number of amides is 2. The summed E-state index contributed by atoms with van der Waals surface area (Å²) in [6, 6.07) is 5.02. The number of allylic oxidation sites excluding steroid dienone is 2. The standard InChI is InChI=1S/C41H53F3N4O9S/c1-7-48-36(52)29-15-11-10-14-28(29)34(45-48)56-27-19-31-32(49)22-40(37(53)46-58(54,55)39(6)16-17-39)21-26(40)13-9-8-12-24(2)18-25(3)30(35(51)47(31)23-27)20-33(50)57-38(4,5)41(42,43)44/h9-11,13-15,24-27,30-31H,7-8,12,16-23H2,1-6H3,(H,46,53)/b13-9-/t24-,25-,26-,27-,30+,31+,40-/m1/s1/i4D3,5D3. The van der Waals surface area contributed by atoms with Crippen molar-refractivity contribution < 1.29 is 58.5 Å². The molecule has 2 saturated carbocycles. The van der Waals surface area contributed by atoms with Crippen molar-refractivity contribution in [3.8, 4) is 5.88 Å². The number of aromatic nitrogens is 2. The summed E-state index contributed by atoms with van der Waals surface area (Å²) in [6.45, 7) is -2.53. The Morgan fingerprint density at radius 1 is 1.09 bits per heavy atom. The Morgan fingerprint density at radius 3 is 2.41 bits per heavy atom. The second-order valence-corrected chi connectivity index (χ2v) is 18.9. The predicted octanol–water partition coefficient (Wildman–Crippen LogP) is 5.63. The van der Waals surface area contributed by atoms with Crippen LogP contribution in [0.3, 0.4) is 0 Å². The molecule has 2 aliphatic carbocycles. The number of sulfonamides is 1. The van der Waals surface area contributed by atoms with Gasteiger partial charge in [-0.25, -0.2) is 13.1 Å². The van der Waals surface area contributed by atoms with E-state index in [1.165, 1.54) is 6.92 Å². The lowest BCUT2D eigenvalue weighted by atomic mass is 9.82. The summed E-state index contributed by atoms with van der Waals surface area (Å²) in [4.78, 5) is 71.6. The number of alkyl halides is 3. The van der Waals surface area contributed by atoms with E-state index < -0.39 is 118 Å². The third kappa shape index (κ3) is 8.55. The molecule has 0 radical (unpaired) electrons. The van der Waals surface area contributed by atoms with E-state index in [0.29, 0.717) is 31.1 Å². The molecule has 3 heterocycles. The smallest absolute Gasteiger partial charge is 0.427 e. The molecule has 58 heavy (non-hydrogen) atoms. The highest BCUT2D eigenvalue weighted by Gasteiger charge is 2.63. The number of hydrogen-bond donors (Lipinski definition) is 1. The quantitative estimate of drug-likeness (QED) is 0.247. The van der Waals surface area contributed by atoms with E-state index in [-0.39, 0.29) is 49.5 Å². The molecule has 7 atom stereocenters. The van der Waals surface area contributed by atoms with Crippen molar-refractivity contribution in [2.45, 2.75) is 134 Å². The minimum absolute atomic E-state index is 0.0214. The molecule has 0 spiro atoms. The summed E-state index contributed by atoms with van der Waals surface area (Å²) in [5.74, 6) is -7.66. The summed E-state index contributed by atoms with van der Waals surface area (Å²) < 4.78 is 129. The van der Waals surface area contributed by atoms with Gasteiger partial charge < -0.3 is 14.4 Å². The van der Waals surface area contributed by atoms with Gasteiger partial charge in [0.1, 0.15) is 6.10 Å². The van der Waals surface area contributed by atoms with Crippen LogP contribution in [-0.4, -0.2) is 81.9 Å². The number of nitrogens with one attached hydrogen (secondary N) is 1. The molecule has 17 heteroatoms. The Morgan fingerprint density at radius 2 is 1.78 bits per heavy atom. The number of hydrogen-bond acceptors (Lipinski definition) is 10. The molecule has 1 saturated heterocycles. The van der Waals surface area contributed by atoms with Gasteiger partial charge in [-0.3, -0.25) is 28.7 Å². The number of carbonyl (C=O) groups excluding carboxylic acids is 4. The zero-order valence-electron chi connectivity index (χ0n) is 38.8. The van der Waals surface area contributed by atoms with E-state index in [1.54, 1.807) is 50.3 Å². The van der Waals surface area contributed by atoms with E-state index in [9.17, 15) is 40.8 Å². The van der Waals surface area contributed by atoms with Crippen LogP contribution in [0.25, 0.3) is 10.8 Å². The molecule has 3 fully saturated rings. The fourth-order valence-electron chi connectivity index (χ4n) is 8.20. The molecule has 4 aliphatic rings. The maximum atomic E-state index is 15.0. The van der Waals surface area contributed by atoms with Crippen LogP contribution in [0.15, 0.2) is 41.2 Å². The van der Waals surface area contributed by atoms with Crippen LogP contribution >= 0.6 is 0 Å². The molecular formula is C41H53F3N4O9S. The van der Waals surface area contributed by atoms with Gasteiger partial charge >= 0.3 is 12.1 Å². The maximum Gasteiger partial charge on any atom is 0.427 e. The lowest BCUT2D eigenvalue weighted by Gasteiger charge is -2.33. The number of halogens is 3. The molecule has 1 N–H and O–H groups in total. The number of fused-ring (bicyclic) bond motifs is 3. The van der Waals surface area contributed by atoms with Crippen LogP contribution in [0.2, 0.25) is 0 Å². The highest BCUT2D eigenvalue weighted by atomic mass is 32.2. The zero-order valence-corrected chi connectivity index (χ0v) is 33.6. The topological polar surface area (TPSA) is 171 Å². The van der Waals surface area contributed by atoms with E-state index in [4.69, 9.17) is 13.0 Å². The average Bonchev–Trinajstić information content (AvgIpc) is 4.07. The summed E-state index contributed by atoms with van der Waals surface area (Å²) in [6.07, 6.45) is -3.68. The molecular weight excluding hydrogens is 782 g/mol. The molecule has 13 nitrogen and oxygen atoms in total. The van der Waals surface area contributed by atoms with Crippen LogP contribution in [0.4, 0.5) is 13.2 Å². The highest BCUT2D eigenvalue weighted by molar-refractivity contribution is 7.91. The van der Waals surface area contributed by atoms with Gasteiger partial charge in [0.2, 0.25) is 33.3 Å². The van der Waals surface area contributed by atoms with Gasteiger partial charge in [-0.15, -0.1) is 5.10 Å². The molecule has 1 aromatic heterocycles. The van der Waals surface area contributed by atoms with Crippen molar-refractivity contribution in [3.05, 3.63) is 46.8 Å². The van der Waals surface area contributed by atoms with Crippen molar-refractivity contribution in [2.24, 2.45) is 29.1 Å². The van der Waals surface area contributed by atoms with Crippen molar-refractivity contribution >= 4 is 44.4 Å². The van der Waals surface area contributed by atoms with E-state index in [0.717, 1.165) is 9.58 Å². The molecule has 0 bridgehead atoms. The fraction of sp³-hybridized carbons (Fsp3) is 0.659. The lowest BCUT2D eigenvalue weighted by molar-refractivity contribution is -0.257. The number of benzene rings is 1. The lowest BCUT2D eigenvalue weighted by Crippen LogP contribution is -2.48. The molecule has 2 aromatic rings. The number of ketones is 1. The number of rotatable bonds is 9. The van der Waals surface area contributed by atoms with E-state index in [1.807, 2.05) is 6.92 Å². The fourth-order valence-corrected chi connectivity index (χ4v) is 9.53. The normalized spacial score (nSPS) is 31.7. The minimum Gasteiger partial charge on any atom is -0.471 e. The second-order valence-electron chi connectivity index (χ2n) is 16.7. The van der Waals surface area contributed by atoms with Gasteiger partial charge in [-0.05, 0) is 96.0 Å². The van der Waals surface area contributed by atoms with Gasteiger partial charge in [0, 0.05) is 27.6 Å². The number of nitrogens with zero attached hydrogens (tertiary/aromatic N) is 3. The summed E-state index contributed by atoms with van der Waals surface area (Å²) >= 11 is 0. The minimum atomic E-state index is -6.12. The molecule has 2 aliphatic heterocycles. The Kier molecular flexibility index (Phi) is 9.66. The first-order chi connectivity index (χ1) is 29.5. The van der Waals surface area contributed by atoms with Crippen LogP contribution in [0.5, 0.6) is 5.88 Å². The van der Waals surface area contributed by atoms with Crippen LogP contribution < -0.4 is 15.0 Å². The molecule has 0 unspecified atom stereocenters. The number of esters is 1. The molecule has 2 amide bonds. The monoisotopic (exact) mass is 840 g/mol. The first-order valence-electron chi connectivity index (χ1n) is 22.5. The van der Waals surface area contributed by atoms with Gasteiger partial charge in [-0.2, -0.15) is 13.2 Å². The predicted molar refractivity (Wildman–Crippen MR) is 207 cm³/mol. The van der Waals surface area contributed by atoms with Crippen molar-refractivity contribution in [1.29, 1.82) is 0 Å². The van der Waals surface area contributed by atoms with Crippen LogP contribution in [0, 0.1) is 29.1 Å². The Balaban J connectivity index is 1.41. The van der Waals surface area contributed by atoms with Crippen molar-refractivity contribution in [1.82, 2.24) is 19.4 Å². The number of aryl methyl sites for hydroxylation is 1. The third-order valence-corrected chi connectivity index (χ3v) is 14.4. The number of ether oxygens (including phenoxy) is 2. The maximum absolute atomic E-state index is 15.0. The first-order valence-corrected chi connectivity index (χ1v) is 21.0. The Bertz CT molecular complexity index is 2350. The molecule has 1 aromatic carbocycles. The molecule has 318 valence electrons. The van der Waals surface area contributed by atoms with Crippen molar-refractivity contribution in [2.75, 3.05) is 6.54 Å². The summed E-state index contributed by atoms with van der Waals surface area (Å²) in [5, 5.41) is 4.94. The van der Waals surface area contributed by atoms with E-state index >= 15 is 4.79 Å². The second kappa shape index (κ2) is 15.7. The first kappa shape index (κ1) is 35.6. The van der Waals surface area contributed by atoms with Gasteiger partial charge in [0.15, 0.2) is 5.78 Å². The van der Waals surface area contributed by atoms with Crippen LogP contribution in [0.1, 0.15) is 107 Å². The zero-order chi connectivity index (χ0) is 47.6. The SMILES string of the molecule is [2H]C([2H])([2H])C(OC(=O)C[C@@H]1C(=O)N2C[C@H](Oc3nn(CC)c(=O)c4ccccc34)C[C@H]2C(=O)C[C@]2(C(=O)NS(=O)(=O)C3(C)CC3)C[C@H]2/C=C\CC[C@@H](C)C[C@H]1C)(C([2H])([2H])[2H])C(F)(F)F. The Hall–Kier alpha value is -4.28. The molecule has 6 rings (SSSR count). The summed E-state index contributed by atoms with van der Waals surface area (Å²) in [7, 11) is -4.14. The van der Waals surface area contributed by atoms with Gasteiger partial charge in [0.25, 0.3) is 5.56 Å². The Labute approximate surface area is 344 Å².